The highest BCUT2D eigenvalue weighted by Crippen LogP contribution is 2.32. The maximum absolute atomic E-state index is 9.23. The first kappa shape index (κ1) is 10.0. The van der Waals surface area contributed by atoms with Gasteiger partial charge in [0.1, 0.15) is 5.54 Å². The lowest BCUT2D eigenvalue weighted by atomic mass is 9.99. The predicted octanol–water partition coefficient (Wildman–Crippen LogP) is 3.24. The van der Waals surface area contributed by atoms with Crippen molar-refractivity contribution < 1.29 is 0 Å². The predicted molar refractivity (Wildman–Crippen MR) is 61.6 cm³/mol. The fraction of sp³-hybridized carbons (Fsp3) is 0.462. The molecule has 0 saturated heterocycles. The molecule has 2 heteroatoms. The molecule has 0 spiro atoms. The molecule has 1 saturated carbocycles. The zero-order valence-corrected chi connectivity index (χ0v) is 9.09. The van der Waals surface area contributed by atoms with Crippen molar-refractivity contribution in [1.82, 2.24) is 0 Å². The minimum absolute atomic E-state index is 0.312. The second kappa shape index (κ2) is 3.94. The average Bonchev–Trinajstić information content (AvgIpc) is 2.67. The first-order valence-electron chi connectivity index (χ1n) is 5.50. The van der Waals surface area contributed by atoms with E-state index in [1.807, 2.05) is 12.1 Å². The molecule has 1 aliphatic rings. The number of aryl methyl sites for hydroxylation is 1. The summed E-state index contributed by atoms with van der Waals surface area (Å²) < 4.78 is 0. The van der Waals surface area contributed by atoms with Crippen molar-refractivity contribution in [2.75, 3.05) is 5.32 Å². The van der Waals surface area contributed by atoms with Gasteiger partial charge in [-0.05, 0) is 50.3 Å². The van der Waals surface area contributed by atoms with Crippen LogP contribution in [-0.2, 0) is 0 Å². The molecule has 0 unspecified atom stereocenters. The molecule has 1 aliphatic carbocycles. The lowest BCUT2D eigenvalue weighted by molar-refractivity contribution is 0.613. The third-order valence-electron chi connectivity index (χ3n) is 3.07. The standard InChI is InChI=1S/C13H16N2/c1-11-5-4-6-12(9-11)15-13(10-14)7-2-3-8-13/h4-6,9,15H,2-3,7-8H2,1H3. The van der Waals surface area contributed by atoms with Gasteiger partial charge in [0.05, 0.1) is 6.07 Å². The van der Waals surface area contributed by atoms with Crippen LogP contribution in [0.1, 0.15) is 31.2 Å². The Labute approximate surface area is 90.9 Å². The number of nitriles is 1. The highest BCUT2D eigenvalue weighted by molar-refractivity contribution is 5.49. The number of nitrogens with one attached hydrogen (secondary N) is 1. The fourth-order valence-corrected chi connectivity index (χ4v) is 2.24. The molecule has 15 heavy (non-hydrogen) atoms. The van der Waals surface area contributed by atoms with Crippen LogP contribution in [-0.4, -0.2) is 5.54 Å². The summed E-state index contributed by atoms with van der Waals surface area (Å²) in [7, 11) is 0. The van der Waals surface area contributed by atoms with Gasteiger partial charge in [-0.3, -0.25) is 0 Å². The molecule has 1 fully saturated rings. The van der Waals surface area contributed by atoms with Gasteiger partial charge < -0.3 is 5.32 Å². The number of benzene rings is 1. The van der Waals surface area contributed by atoms with E-state index in [4.69, 9.17) is 0 Å². The Bertz CT molecular complexity index is 384. The van der Waals surface area contributed by atoms with Crippen LogP contribution in [0.3, 0.4) is 0 Å². The molecule has 78 valence electrons. The zero-order chi connectivity index (χ0) is 10.7. The molecule has 0 atom stereocenters. The molecule has 0 bridgehead atoms. The monoisotopic (exact) mass is 200 g/mol. The van der Waals surface area contributed by atoms with Gasteiger partial charge in [0.2, 0.25) is 0 Å². The van der Waals surface area contributed by atoms with Crippen molar-refractivity contribution in [3.8, 4) is 6.07 Å². The Morgan fingerprint density at radius 2 is 2.07 bits per heavy atom. The van der Waals surface area contributed by atoms with Gasteiger partial charge in [0.15, 0.2) is 0 Å². The van der Waals surface area contributed by atoms with Crippen LogP contribution in [0.25, 0.3) is 0 Å². The third kappa shape index (κ3) is 2.12. The normalized spacial score (nSPS) is 18.4. The van der Waals surface area contributed by atoms with Crippen molar-refractivity contribution in [2.45, 2.75) is 38.1 Å². The summed E-state index contributed by atoms with van der Waals surface area (Å²) in [5, 5.41) is 12.6. The smallest absolute Gasteiger partial charge is 0.125 e. The number of anilines is 1. The molecule has 2 rings (SSSR count). The summed E-state index contributed by atoms with van der Waals surface area (Å²) in [6.45, 7) is 2.07. The minimum atomic E-state index is -0.312. The summed E-state index contributed by atoms with van der Waals surface area (Å²) in [5.74, 6) is 0. The molecular weight excluding hydrogens is 184 g/mol. The summed E-state index contributed by atoms with van der Waals surface area (Å²) >= 11 is 0. The van der Waals surface area contributed by atoms with E-state index in [9.17, 15) is 5.26 Å². The average molecular weight is 200 g/mol. The minimum Gasteiger partial charge on any atom is -0.367 e. The fourth-order valence-electron chi connectivity index (χ4n) is 2.24. The molecule has 0 aliphatic heterocycles. The van der Waals surface area contributed by atoms with E-state index in [1.54, 1.807) is 0 Å². The number of hydrogen-bond donors (Lipinski definition) is 1. The summed E-state index contributed by atoms with van der Waals surface area (Å²) in [6, 6.07) is 10.7. The second-order valence-corrected chi connectivity index (χ2v) is 4.40. The molecular formula is C13H16N2. The number of rotatable bonds is 2. The van der Waals surface area contributed by atoms with Gasteiger partial charge in [-0.1, -0.05) is 12.1 Å². The molecule has 0 heterocycles. The lowest BCUT2D eigenvalue weighted by Crippen LogP contribution is -2.32. The highest BCUT2D eigenvalue weighted by Gasteiger charge is 2.33. The maximum Gasteiger partial charge on any atom is 0.125 e. The van der Waals surface area contributed by atoms with Gasteiger partial charge in [-0.25, -0.2) is 0 Å². The molecule has 0 amide bonds. The highest BCUT2D eigenvalue weighted by atomic mass is 15.0. The first-order chi connectivity index (χ1) is 7.24. The van der Waals surface area contributed by atoms with Crippen LogP contribution in [0.4, 0.5) is 5.69 Å². The molecule has 1 aromatic rings. The topological polar surface area (TPSA) is 35.8 Å². The van der Waals surface area contributed by atoms with Crippen molar-refractivity contribution in [1.29, 1.82) is 5.26 Å². The largest absolute Gasteiger partial charge is 0.367 e. The van der Waals surface area contributed by atoms with E-state index in [-0.39, 0.29) is 5.54 Å². The Morgan fingerprint density at radius 1 is 1.33 bits per heavy atom. The van der Waals surface area contributed by atoms with Crippen molar-refractivity contribution >= 4 is 5.69 Å². The van der Waals surface area contributed by atoms with Crippen molar-refractivity contribution in [3.05, 3.63) is 29.8 Å². The van der Waals surface area contributed by atoms with E-state index in [1.165, 1.54) is 5.56 Å². The van der Waals surface area contributed by atoms with Crippen LogP contribution in [0.5, 0.6) is 0 Å². The Hall–Kier alpha value is -1.49. The van der Waals surface area contributed by atoms with E-state index in [2.05, 4.69) is 30.4 Å². The number of nitrogens with zero attached hydrogens (tertiary/aromatic N) is 1. The lowest BCUT2D eigenvalue weighted by Gasteiger charge is -2.23. The van der Waals surface area contributed by atoms with Crippen LogP contribution >= 0.6 is 0 Å². The third-order valence-corrected chi connectivity index (χ3v) is 3.07. The summed E-state index contributed by atoms with van der Waals surface area (Å²) in [6.07, 6.45) is 4.26. The summed E-state index contributed by atoms with van der Waals surface area (Å²) in [4.78, 5) is 0. The Balaban J connectivity index is 2.17. The van der Waals surface area contributed by atoms with Gasteiger partial charge in [0.25, 0.3) is 0 Å². The molecule has 0 radical (unpaired) electrons. The quantitative estimate of drug-likeness (QED) is 0.795. The van der Waals surface area contributed by atoms with Crippen LogP contribution in [0, 0.1) is 18.3 Å². The zero-order valence-electron chi connectivity index (χ0n) is 9.09. The molecule has 1 N–H and O–H groups in total. The van der Waals surface area contributed by atoms with E-state index in [0.29, 0.717) is 0 Å². The number of hydrogen-bond acceptors (Lipinski definition) is 2. The molecule has 1 aromatic carbocycles. The van der Waals surface area contributed by atoms with Crippen molar-refractivity contribution in [3.63, 3.8) is 0 Å². The Kier molecular flexibility index (Phi) is 2.64. The van der Waals surface area contributed by atoms with E-state index in [0.717, 1.165) is 31.4 Å². The summed E-state index contributed by atoms with van der Waals surface area (Å²) in [5.41, 5.74) is 1.98. The van der Waals surface area contributed by atoms with Gasteiger partial charge in [0, 0.05) is 5.69 Å². The van der Waals surface area contributed by atoms with Crippen molar-refractivity contribution in [2.24, 2.45) is 0 Å². The molecule has 0 aromatic heterocycles. The van der Waals surface area contributed by atoms with Crippen LogP contribution in [0.2, 0.25) is 0 Å². The van der Waals surface area contributed by atoms with Gasteiger partial charge in [-0.15, -0.1) is 0 Å². The van der Waals surface area contributed by atoms with Gasteiger partial charge >= 0.3 is 0 Å². The SMILES string of the molecule is Cc1cccc(NC2(C#N)CCCC2)c1. The van der Waals surface area contributed by atoms with Crippen LogP contribution in [0.15, 0.2) is 24.3 Å². The first-order valence-corrected chi connectivity index (χ1v) is 5.50. The van der Waals surface area contributed by atoms with E-state index < -0.39 is 0 Å². The molecule has 2 nitrogen and oxygen atoms in total. The van der Waals surface area contributed by atoms with Crippen LogP contribution < -0.4 is 5.32 Å². The Morgan fingerprint density at radius 3 is 2.67 bits per heavy atom. The van der Waals surface area contributed by atoms with E-state index >= 15 is 0 Å². The maximum atomic E-state index is 9.23. The second-order valence-electron chi connectivity index (χ2n) is 4.40. The van der Waals surface area contributed by atoms with Gasteiger partial charge in [-0.2, -0.15) is 5.26 Å².